The maximum atomic E-state index is 11.6. The lowest BCUT2D eigenvalue weighted by molar-refractivity contribution is 0.101. The topological polar surface area (TPSA) is 34.9 Å². The second kappa shape index (κ2) is 5.75. The number of rotatable bonds is 3. The van der Waals surface area contributed by atoms with Crippen molar-refractivity contribution in [2.75, 3.05) is 0 Å². The van der Waals surface area contributed by atoms with E-state index in [0.717, 1.165) is 22.2 Å². The van der Waals surface area contributed by atoms with Crippen LogP contribution in [0.4, 0.5) is 0 Å². The molecule has 3 rings (SSSR count). The molecule has 0 bridgehead atoms. The van der Waals surface area contributed by atoms with E-state index in [4.69, 9.17) is 23.2 Å². The van der Waals surface area contributed by atoms with E-state index in [1.54, 1.807) is 6.92 Å². The van der Waals surface area contributed by atoms with E-state index >= 15 is 0 Å². The zero-order valence-corrected chi connectivity index (χ0v) is 13.7. The van der Waals surface area contributed by atoms with Crippen LogP contribution in [-0.4, -0.2) is 15.6 Å². The van der Waals surface area contributed by atoms with Crippen molar-refractivity contribution in [3.8, 4) is 0 Å². The van der Waals surface area contributed by atoms with Crippen LogP contribution in [0.5, 0.6) is 0 Å². The van der Waals surface area contributed by atoms with Gasteiger partial charge in [0.2, 0.25) is 0 Å². The van der Waals surface area contributed by atoms with Crippen molar-refractivity contribution in [2.45, 2.75) is 20.4 Å². The number of carbonyl (C=O) groups is 1. The van der Waals surface area contributed by atoms with Crippen molar-refractivity contribution in [1.29, 1.82) is 0 Å². The molecule has 22 heavy (non-hydrogen) atoms. The van der Waals surface area contributed by atoms with Gasteiger partial charge in [-0.3, -0.25) is 9.48 Å². The third kappa shape index (κ3) is 2.62. The summed E-state index contributed by atoms with van der Waals surface area (Å²) in [6.07, 6.45) is 0. The average Bonchev–Trinajstić information content (AvgIpc) is 2.79. The molecular weight excluding hydrogens is 319 g/mol. The second-order valence-corrected chi connectivity index (χ2v) is 6.05. The summed E-state index contributed by atoms with van der Waals surface area (Å²) in [4.78, 5) is 11.6. The maximum Gasteiger partial charge on any atom is 0.159 e. The lowest BCUT2D eigenvalue weighted by atomic mass is 10.1. The Labute approximate surface area is 138 Å². The fraction of sp³-hybridized carbons (Fsp3) is 0.176. The molecule has 0 aliphatic rings. The fourth-order valence-corrected chi connectivity index (χ4v) is 3.03. The minimum atomic E-state index is 0.0306. The largest absolute Gasteiger partial charge is 0.295 e. The maximum absolute atomic E-state index is 11.6. The number of halogens is 2. The highest BCUT2D eigenvalue weighted by atomic mass is 35.5. The van der Waals surface area contributed by atoms with E-state index in [9.17, 15) is 4.79 Å². The van der Waals surface area contributed by atoms with E-state index in [2.05, 4.69) is 5.10 Å². The van der Waals surface area contributed by atoms with Crippen LogP contribution in [0.2, 0.25) is 10.0 Å². The molecule has 0 spiro atoms. The van der Waals surface area contributed by atoms with Crippen LogP contribution in [0.25, 0.3) is 10.9 Å². The van der Waals surface area contributed by atoms with Gasteiger partial charge in [-0.25, -0.2) is 0 Å². The van der Waals surface area contributed by atoms with Gasteiger partial charge in [0.25, 0.3) is 0 Å². The van der Waals surface area contributed by atoms with E-state index in [1.807, 2.05) is 48.0 Å². The van der Waals surface area contributed by atoms with Crippen LogP contribution >= 0.6 is 23.2 Å². The number of nitrogens with zero attached hydrogens (tertiary/aromatic N) is 2. The molecule has 0 saturated heterocycles. The molecular formula is C17H14Cl2N2O. The first-order valence-corrected chi connectivity index (χ1v) is 7.64. The van der Waals surface area contributed by atoms with Crippen molar-refractivity contribution in [2.24, 2.45) is 0 Å². The first kappa shape index (κ1) is 15.1. The van der Waals surface area contributed by atoms with Gasteiger partial charge >= 0.3 is 0 Å². The summed E-state index contributed by atoms with van der Waals surface area (Å²) >= 11 is 12.5. The molecule has 0 radical (unpaired) electrons. The highest BCUT2D eigenvalue weighted by molar-refractivity contribution is 6.36. The van der Waals surface area contributed by atoms with Gasteiger partial charge in [-0.1, -0.05) is 41.4 Å². The van der Waals surface area contributed by atoms with Gasteiger partial charge in [0.05, 0.1) is 17.8 Å². The quantitative estimate of drug-likeness (QED) is 0.639. The summed E-state index contributed by atoms with van der Waals surface area (Å²) in [5.41, 5.74) is 3.30. The molecule has 3 nitrogen and oxygen atoms in total. The standard InChI is InChI=1S/C17H14Cl2N2O/c1-10-13-7-6-12(11(2)22)8-17(13)21(20-10)9-14-15(18)4-3-5-16(14)19/h3-8H,9H2,1-2H3. The lowest BCUT2D eigenvalue weighted by Crippen LogP contribution is -2.04. The van der Waals surface area contributed by atoms with Crippen molar-refractivity contribution in [3.63, 3.8) is 0 Å². The van der Waals surface area contributed by atoms with Crippen LogP contribution in [0.3, 0.4) is 0 Å². The molecule has 0 N–H and O–H groups in total. The average molecular weight is 333 g/mol. The normalized spacial score (nSPS) is 11.1. The SMILES string of the molecule is CC(=O)c1ccc2c(C)nn(Cc3c(Cl)cccc3Cl)c2c1. The molecule has 0 unspecified atom stereocenters. The Balaban J connectivity index is 2.14. The smallest absolute Gasteiger partial charge is 0.159 e. The van der Waals surface area contributed by atoms with E-state index in [0.29, 0.717) is 22.2 Å². The van der Waals surface area contributed by atoms with Crippen molar-refractivity contribution < 1.29 is 4.79 Å². The number of hydrogen-bond acceptors (Lipinski definition) is 2. The zero-order chi connectivity index (χ0) is 15.9. The molecule has 0 fully saturated rings. The van der Waals surface area contributed by atoms with Gasteiger partial charge in [0.15, 0.2) is 5.78 Å². The predicted molar refractivity (Wildman–Crippen MR) is 90.0 cm³/mol. The van der Waals surface area contributed by atoms with Gasteiger partial charge < -0.3 is 0 Å². The van der Waals surface area contributed by atoms with E-state index in [-0.39, 0.29) is 5.78 Å². The van der Waals surface area contributed by atoms with Gasteiger partial charge in [0.1, 0.15) is 0 Å². The number of Topliss-reactive ketones (excluding diaryl/α,β-unsaturated/α-hetero) is 1. The summed E-state index contributed by atoms with van der Waals surface area (Å²) in [5.74, 6) is 0.0306. The number of fused-ring (bicyclic) bond motifs is 1. The van der Waals surface area contributed by atoms with Gasteiger partial charge in [0, 0.05) is 26.6 Å². The Bertz CT molecular complexity index is 863. The van der Waals surface area contributed by atoms with Crippen LogP contribution in [0.1, 0.15) is 28.5 Å². The zero-order valence-electron chi connectivity index (χ0n) is 12.2. The highest BCUT2D eigenvalue weighted by Gasteiger charge is 2.13. The Hall–Kier alpha value is -1.84. The summed E-state index contributed by atoms with van der Waals surface area (Å²) in [6, 6.07) is 11.0. The van der Waals surface area contributed by atoms with Crippen molar-refractivity contribution in [3.05, 3.63) is 63.3 Å². The van der Waals surface area contributed by atoms with E-state index < -0.39 is 0 Å². The second-order valence-electron chi connectivity index (χ2n) is 5.23. The number of aromatic nitrogens is 2. The fourth-order valence-electron chi connectivity index (χ4n) is 2.51. The Morgan fingerprint density at radius 1 is 1.18 bits per heavy atom. The van der Waals surface area contributed by atoms with E-state index in [1.165, 1.54) is 0 Å². The first-order chi connectivity index (χ1) is 10.5. The molecule has 0 amide bonds. The van der Waals surface area contributed by atoms with Crippen LogP contribution in [0.15, 0.2) is 36.4 Å². The van der Waals surface area contributed by atoms with Crippen molar-refractivity contribution in [1.82, 2.24) is 9.78 Å². The first-order valence-electron chi connectivity index (χ1n) is 6.88. The molecule has 0 atom stereocenters. The monoisotopic (exact) mass is 332 g/mol. The molecule has 5 heteroatoms. The summed E-state index contributed by atoms with van der Waals surface area (Å²) in [5, 5.41) is 6.79. The summed E-state index contributed by atoms with van der Waals surface area (Å²) < 4.78 is 1.84. The molecule has 112 valence electrons. The molecule has 0 aliphatic carbocycles. The van der Waals surface area contributed by atoms with Crippen LogP contribution in [0, 0.1) is 6.92 Å². The molecule has 2 aromatic carbocycles. The molecule has 3 aromatic rings. The summed E-state index contributed by atoms with van der Waals surface area (Å²) in [6.45, 7) is 3.96. The predicted octanol–water partition coefficient (Wildman–Crippen LogP) is 4.90. The van der Waals surface area contributed by atoms with Crippen LogP contribution in [-0.2, 0) is 6.54 Å². The minimum absolute atomic E-state index is 0.0306. The molecule has 1 aromatic heterocycles. The Kier molecular flexibility index (Phi) is 3.94. The number of aryl methyl sites for hydroxylation is 1. The third-order valence-corrected chi connectivity index (χ3v) is 4.42. The number of hydrogen-bond donors (Lipinski definition) is 0. The highest BCUT2D eigenvalue weighted by Crippen LogP contribution is 2.27. The minimum Gasteiger partial charge on any atom is -0.295 e. The lowest BCUT2D eigenvalue weighted by Gasteiger charge is -2.08. The Morgan fingerprint density at radius 2 is 1.86 bits per heavy atom. The third-order valence-electron chi connectivity index (χ3n) is 3.71. The van der Waals surface area contributed by atoms with Crippen molar-refractivity contribution >= 4 is 39.9 Å². The van der Waals surface area contributed by atoms with Gasteiger partial charge in [-0.15, -0.1) is 0 Å². The number of benzene rings is 2. The number of ketones is 1. The molecule has 0 saturated carbocycles. The molecule has 0 aliphatic heterocycles. The van der Waals surface area contributed by atoms with Crippen LogP contribution < -0.4 is 0 Å². The van der Waals surface area contributed by atoms with Gasteiger partial charge in [-0.05, 0) is 32.0 Å². The number of carbonyl (C=O) groups excluding carboxylic acids is 1. The van der Waals surface area contributed by atoms with Gasteiger partial charge in [-0.2, -0.15) is 5.10 Å². The molecule has 1 heterocycles. The summed E-state index contributed by atoms with van der Waals surface area (Å²) in [7, 11) is 0. The Morgan fingerprint density at radius 3 is 2.50 bits per heavy atom.